The molecule has 0 saturated carbocycles. The van der Waals surface area contributed by atoms with E-state index in [4.69, 9.17) is 10.5 Å². The zero-order chi connectivity index (χ0) is 18.6. The molecule has 1 amide bonds. The van der Waals surface area contributed by atoms with Gasteiger partial charge in [0.1, 0.15) is 29.7 Å². The molecule has 0 aliphatic rings. The number of hydrogen-bond acceptors (Lipinski definition) is 4. The number of para-hydroxylation sites is 1. The molecule has 0 fully saturated rings. The normalized spacial score (nSPS) is 12.6. The van der Waals surface area contributed by atoms with Crippen molar-refractivity contribution in [3.8, 4) is 5.75 Å². The number of halogens is 3. The van der Waals surface area contributed by atoms with Gasteiger partial charge in [-0.15, -0.1) is 0 Å². The monoisotopic (exact) mass is 356 g/mol. The Labute approximate surface area is 140 Å². The molecule has 0 aliphatic heterocycles. The molecule has 1 atom stereocenters. The van der Waals surface area contributed by atoms with Crippen LogP contribution < -0.4 is 16.0 Å². The molecule has 3 N–H and O–H groups in total. The lowest BCUT2D eigenvalue weighted by Gasteiger charge is -2.19. The van der Waals surface area contributed by atoms with E-state index in [0.717, 1.165) is 6.07 Å². The van der Waals surface area contributed by atoms with Gasteiger partial charge in [-0.2, -0.15) is 13.2 Å². The van der Waals surface area contributed by atoms with Gasteiger partial charge in [-0.1, -0.05) is 18.2 Å². The number of amides is 1. The minimum atomic E-state index is -4.84. The first-order valence-electron chi connectivity index (χ1n) is 7.17. The number of nitrogens with two attached hydrogens (primary N) is 1. The Balaban J connectivity index is 2.25. The predicted molar refractivity (Wildman–Crippen MR) is 82.2 cm³/mol. The molecular weight excluding hydrogens is 341 g/mol. The summed E-state index contributed by atoms with van der Waals surface area (Å²) in [6, 6.07) is 9.62. The Hall–Kier alpha value is -2.81. The van der Waals surface area contributed by atoms with Crippen molar-refractivity contribution in [3.63, 3.8) is 0 Å². The molecule has 1 aromatic heterocycles. The van der Waals surface area contributed by atoms with E-state index in [9.17, 15) is 27.9 Å². The van der Waals surface area contributed by atoms with Crippen molar-refractivity contribution in [1.82, 2.24) is 4.57 Å². The smallest absolute Gasteiger partial charge is 0.431 e. The van der Waals surface area contributed by atoms with Gasteiger partial charge in [0, 0.05) is 0 Å². The second-order valence-corrected chi connectivity index (χ2v) is 5.19. The highest BCUT2D eigenvalue weighted by atomic mass is 19.4. The number of aliphatic hydroxyl groups is 1. The molecule has 6 nitrogen and oxygen atoms in total. The number of alkyl halides is 3. The summed E-state index contributed by atoms with van der Waals surface area (Å²) in [7, 11) is 0. The van der Waals surface area contributed by atoms with E-state index in [1.165, 1.54) is 0 Å². The van der Waals surface area contributed by atoms with Crippen LogP contribution >= 0.6 is 0 Å². The Bertz CT molecular complexity index is 803. The van der Waals surface area contributed by atoms with Crippen molar-refractivity contribution in [1.29, 1.82) is 0 Å². The number of ether oxygens (including phenoxy) is 1. The standard InChI is InChI=1S/C16H15F3N2O4/c17-16(18,19)13-7-6-12(14(20)23)15(24)21(13)8-10(22)9-25-11-4-2-1-3-5-11/h1-7,10,22H,8-9H2,(H2,20,23)/t10-/m0/s1. The molecule has 0 radical (unpaired) electrons. The summed E-state index contributed by atoms with van der Waals surface area (Å²) in [5.41, 5.74) is 1.88. The molecule has 0 bridgehead atoms. The predicted octanol–water partition coefficient (Wildman–Crippen LogP) is 1.41. The first-order chi connectivity index (χ1) is 11.7. The van der Waals surface area contributed by atoms with Gasteiger partial charge in [0.2, 0.25) is 0 Å². The van der Waals surface area contributed by atoms with Crippen LogP contribution in [0.4, 0.5) is 13.2 Å². The third-order valence-corrected chi connectivity index (χ3v) is 3.31. The quantitative estimate of drug-likeness (QED) is 0.818. The van der Waals surface area contributed by atoms with Crippen LogP contribution in [0.1, 0.15) is 16.1 Å². The highest BCUT2D eigenvalue weighted by Gasteiger charge is 2.35. The van der Waals surface area contributed by atoms with Gasteiger partial charge in [-0.3, -0.25) is 9.59 Å². The van der Waals surface area contributed by atoms with Crippen molar-refractivity contribution in [3.05, 3.63) is 64.1 Å². The molecule has 0 unspecified atom stereocenters. The average Bonchev–Trinajstić information content (AvgIpc) is 2.54. The Morgan fingerprint density at radius 2 is 1.84 bits per heavy atom. The first kappa shape index (κ1) is 18.5. The second-order valence-electron chi connectivity index (χ2n) is 5.19. The molecular formula is C16H15F3N2O4. The minimum Gasteiger partial charge on any atom is -0.491 e. The van der Waals surface area contributed by atoms with Crippen LogP contribution in [0.3, 0.4) is 0 Å². The van der Waals surface area contributed by atoms with Crippen LogP contribution in [0.2, 0.25) is 0 Å². The molecule has 9 heteroatoms. The SMILES string of the molecule is NC(=O)c1ccc(C(F)(F)F)n(C[C@H](O)COc2ccccc2)c1=O. The van der Waals surface area contributed by atoms with Crippen molar-refractivity contribution < 1.29 is 27.8 Å². The summed E-state index contributed by atoms with van der Waals surface area (Å²) in [6.07, 6.45) is -6.25. The number of aromatic nitrogens is 1. The number of rotatable bonds is 6. The molecule has 2 rings (SSSR count). The number of hydrogen-bond donors (Lipinski definition) is 2. The fraction of sp³-hybridized carbons (Fsp3) is 0.250. The lowest BCUT2D eigenvalue weighted by Crippen LogP contribution is -2.37. The van der Waals surface area contributed by atoms with E-state index in [1.807, 2.05) is 0 Å². The van der Waals surface area contributed by atoms with Gasteiger partial charge in [0.15, 0.2) is 0 Å². The third-order valence-electron chi connectivity index (χ3n) is 3.31. The van der Waals surface area contributed by atoms with Crippen LogP contribution in [0, 0.1) is 0 Å². The summed E-state index contributed by atoms with van der Waals surface area (Å²) < 4.78 is 44.7. The van der Waals surface area contributed by atoms with E-state index in [2.05, 4.69) is 0 Å². The van der Waals surface area contributed by atoms with Crippen LogP contribution in [-0.4, -0.2) is 28.3 Å². The summed E-state index contributed by atoms with van der Waals surface area (Å²) in [4.78, 5) is 23.3. The molecule has 1 heterocycles. The molecule has 1 aromatic carbocycles. The number of carbonyl (C=O) groups is 1. The largest absolute Gasteiger partial charge is 0.491 e. The topological polar surface area (TPSA) is 94.6 Å². The Morgan fingerprint density at radius 3 is 2.40 bits per heavy atom. The molecule has 0 saturated heterocycles. The number of primary amides is 1. The van der Waals surface area contributed by atoms with Gasteiger partial charge in [0.05, 0.1) is 6.54 Å². The second kappa shape index (κ2) is 7.39. The van der Waals surface area contributed by atoms with Crippen molar-refractivity contribution >= 4 is 5.91 Å². The third kappa shape index (κ3) is 4.60. The molecule has 25 heavy (non-hydrogen) atoms. The Kier molecular flexibility index (Phi) is 5.48. The maximum atomic E-state index is 13.1. The molecule has 134 valence electrons. The zero-order valence-corrected chi connectivity index (χ0v) is 12.9. The van der Waals surface area contributed by atoms with Crippen LogP contribution in [0.15, 0.2) is 47.3 Å². The fourth-order valence-corrected chi connectivity index (χ4v) is 2.17. The summed E-state index contributed by atoms with van der Waals surface area (Å²) in [5, 5.41) is 9.94. The fourth-order valence-electron chi connectivity index (χ4n) is 2.17. The Morgan fingerprint density at radius 1 is 1.20 bits per heavy atom. The number of nitrogens with zero attached hydrogens (tertiary/aromatic N) is 1. The summed E-state index contributed by atoms with van der Waals surface area (Å²) in [5.74, 6) is -0.738. The summed E-state index contributed by atoms with van der Waals surface area (Å²) >= 11 is 0. The van der Waals surface area contributed by atoms with Crippen molar-refractivity contribution in [2.75, 3.05) is 6.61 Å². The number of aliphatic hydroxyl groups excluding tert-OH is 1. The zero-order valence-electron chi connectivity index (χ0n) is 12.9. The van der Waals surface area contributed by atoms with Crippen molar-refractivity contribution in [2.24, 2.45) is 5.73 Å². The van der Waals surface area contributed by atoms with Gasteiger partial charge >= 0.3 is 6.18 Å². The molecule has 0 aliphatic carbocycles. The highest BCUT2D eigenvalue weighted by molar-refractivity contribution is 5.92. The van der Waals surface area contributed by atoms with E-state index in [0.29, 0.717) is 11.8 Å². The lowest BCUT2D eigenvalue weighted by atomic mass is 10.2. The maximum Gasteiger partial charge on any atom is 0.431 e. The van der Waals surface area contributed by atoms with Crippen molar-refractivity contribution in [2.45, 2.75) is 18.8 Å². The maximum absolute atomic E-state index is 13.1. The van der Waals surface area contributed by atoms with E-state index >= 15 is 0 Å². The number of carbonyl (C=O) groups excluding carboxylic acids is 1. The average molecular weight is 356 g/mol. The van der Waals surface area contributed by atoms with E-state index < -0.39 is 41.5 Å². The van der Waals surface area contributed by atoms with E-state index in [-0.39, 0.29) is 11.2 Å². The first-order valence-corrected chi connectivity index (χ1v) is 7.17. The minimum absolute atomic E-state index is 0.277. The lowest BCUT2D eigenvalue weighted by molar-refractivity contribution is -0.144. The number of benzene rings is 1. The molecule has 0 spiro atoms. The van der Waals surface area contributed by atoms with Gasteiger partial charge < -0.3 is 20.1 Å². The van der Waals surface area contributed by atoms with Crippen LogP contribution in [0.25, 0.3) is 0 Å². The van der Waals surface area contributed by atoms with E-state index in [1.54, 1.807) is 30.3 Å². The van der Waals surface area contributed by atoms with Crippen LogP contribution in [0.5, 0.6) is 5.75 Å². The highest BCUT2D eigenvalue weighted by Crippen LogP contribution is 2.28. The van der Waals surface area contributed by atoms with Gasteiger partial charge in [-0.25, -0.2) is 0 Å². The van der Waals surface area contributed by atoms with Crippen LogP contribution in [-0.2, 0) is 12.7 Å². The summed E-state index contributed by atoms with van der Waals surface area (Å²) in [6.45, 7) is -1.05. The van der Waals surface area contributed by atoms with Gasteiger partial charge in [-0.05, 0) is 24.3 Å². The van der Waals surface area contributed by atoms with Gasteiger partial charge in [0.25, 0.3) is 11.5 Å². The number of pyridine rings is 1. The molecule has 2 aromatic rings.